The van der Waals surface area contributed by atoms with E-state index >= 15 is 0 Å². The van der Waals surface area contributed by atoms with Crippen LogP contribution in [0.1, 0.15) is 40.0 Å². The molecule has 0 aromatic heterocycles. The Labute approximate surface area is 70.1 Å². The first-order valence-electron chi connectivity index (χ1n) is 4.57. The molecule has 0 aliphatic rings. The highest BCUT2D eigenvalue weighted by Crippen LogP contribution is 2.10. The third kappa shape index (κ3) is 5.02. The monoisotopic (exact) mass is 156 g/mol. The van der Waals surface area contributed by atoms with E-state index in [2.05, 4.69) is 26.0 Å². The third-order valence-corrected chi connectivity index (χ3v) is 1.93. The average Bonchev–Trinajstić information content (AvgIpc) is 1.97. The van der Waals surface area contributed by atoms with Gasteiger partial charge in [-0.15, -0.1) is 0 Å². The molecule has 0 saturated heterocycles. The fourth-order valence-corrected chi connectivity index (χ4v) is 1.08. The minimum absolute atomic E-state index is 0.201. The van der Waals surface area contributed by atoms with E-state index in [1.807, 2.05) is 6.92 Å². The Morgan fingerprint density at radius 1 is 1.36 bits per heavy atom. The Morgan fingerprint density at radius 3 is 2.36 bits per heavy atom. The van der Waals surface area contributed by atoms with Gasteiger partial charge in [0.2, 0.25) is 0 Å². The van der Waals surface area contributed by atoms with E-state index in [1.54, 1.807) is 0 Å². The van der Waals surface area contributed by atoms with E-state index in [1.165, 1.54) is 6.42 Å². The van der Waals surface area contributed by atoms with Crippen molar-refractivity contribution in [1.82, 2.24) is 0 Å². The molecule has 0 fully saturated rings. The van der Waals surface area contributed by atoms with Gasteiger partial charge in [0, 0.05) is 5.92 Å². The first-order valence-corrected chi connectivity index (χ1v) is 4.57. The van der Waals surface area contributed by atoms with Gasteiger partial charge in [-0.05, 0) is 19.8 Å². The lowest BCUT2D eigenvalue weighted by atomic mass is 10.00. The SMILES string of the molecule is CCCC=CC(CC)C(C)O. The quantitative estimate of drug-likeness (QED) is 0.607. The van der Waals surface area contributed by atoms with Gasteiger partial charge in [0.15, 0.2) is 0 Å². The van der Waals surface area contributed by atoms with Crippen LogP contribution in [0, 0.1) is 5.92 Å². The Balaban J connectivity index is 3.67. The largest absolute Gasteiger partial charge is 0.393 e. The minimum atomic E-state index is -0.201. The molecule has 0 bridgehead atoms. The van der Waals surface area contributed by atoms with Crippen LogP contribution in [0.25, 0.3) is 0 Å². The van der Waals surface area contributed by atoms with Gasteiger partial charge >= 0.3 is 0 Å². The van der Waals surface area contributed by atoms with Crippen LogP contribution in [0.5, 0.6) is 0 Å². The van der Waals surface area contributed by atoms with Crippen molar-refractivity contribution in [3.63, 3.8) is 0 Å². The normalized spacial score (nSPS) is 17.1. The lowest BCUT2D eigenvalue weighted by Crippen LogP contribution is -2.12. The van der Waals surface area contributed by atoms with Gasteiger partial charge in [0.25, 0.3) is 0 Å². The number of hydrogen-bond acceptors (Lipinski definition) is 1. The number of allylic oxidation sites excluding steroid dienone is 1. The maximum absolute atomic E-state index is 9.26. The van der Waals surface area contributed by atoms with E-state index in [9.17, 15) is 5.11 Å². The van der Waals surface area contributed by atoms with Crippen molar-refractivity contribution in [2.45, 2.75) is 46.1 Å². The lowest BCUT2D eigenvalue weighted by Gasteiger charge is -2.12. The maximum Gasteiger partial charge on any atom is 0.0574 e. The summed E-state index contributed by atoms with van der Waals surface area (Å²) < 4.78 is 0. The number of unbranched alkanes of at least 4 members (excludes halogenated alkanes) is 1. The van der Waals surface area contributed by atoms with Gasteiger partial charge in [-0.25, -0.2) is 0 Å². The number of aliphatic hydroxyl groups is 1. The Bertz CT molecular complexity index is 105. The molecule has 0 aliphatic heterocycles. The summed E-state index contributed by atoms with van der Waals surface area (Å²) in [7, 11) is 0. The average molecular weight is 156 g/mol. The Hall–Kier alpha value is -0.300. The standard InChI is InChI=1S/C10H20O/c1-4-6-7-8-10(5-2)9(3)11/h7-11H,4-6H2,1-3H3. The predicted molar refractivity (Wildman–Crippen MR) is 49.5 cm³/mol. The van der Waals surface area contributed by atoms with E-state index in [0.29, 0.717) is 5.92 Å². The molecule has 0 saturated carbocycles. The molecule has 0 aromatic rings. The van der Waals surface area contributed by atoms with Crippen molar-refractivity contribution in [3.8, 4) is 0 Å². The molecule has 0 radical (unpaired) electrons. The second kappa shape index (κ2) is 6.41. The van der Waals surface area contributed by atoms with E-state index < -0.39 is 0 Å². The molecule has 1 nitrogen and oxygen atoms in total. The van der Waals surface area contributed by atoms with Crippen LogP contribution >= 0.6 is 0 Å². The molecule has 2 unspecified atom stereocenters. The van der Waals surface area contributed by atoms with Gasteiger partial charge in [-0.3, -0.25) is 0 Å². The molecular weight excluding hydrogens is 136 g/mol. The summed E-state index contributed by atoms with van der Waals surface area (Å²) >= 11 is 0. The molecule has 66 valence electrons. The number of hydrogen-bond donors (Lipinski definition) is 1. The van der Waals surface area contributed by atoms with E-state index in [4.69, 9.17) is 0 Å². The summed E-state index contributed by atoms with van der Waals surface area (Å²) in [5.41, 5.74) is 0. The van der Waals surface area contributed by atoms with E-state index in [0.717, 1.165) is 12.8 Å². The topological polar surface area (TPSA) is 20.2 Å². The maximum atomic E-state index is 9.26. The van der Waals surface area contributed by atoms with E-state index in [-0.39, 0.29) is 6.10 Å². The van der Waals surface area contributed by atoms with Gasteiger partial charge in [-0.1, -0.05) is 32.4 Å². The van der Waals surface area contributed by atoms with Crippen LogP contribution < -0.4 is 0 Å². The molecule has 2 atom stereocenters. The zero-order chi connectivity index (χ0) is 8.69. The highest BCUT2D eigenvalue weighted by molar-refractivity contribution is 4.89. The third-order valence-electron chi connectivity index (χ3n) is 1.93. The van der Waals surface area contributed by atoms with Gasteiger partial charge in [0.05, 0.1) is 6.10 Å². The molecule has 11 heavy (non-hydrogen) atoms. The minimum Gasteiger partial charge on any atom is -0.393 e. The highest BCUT2D eigenvalue weighted by Gasteiger charge is 2.07. The summed E-state index contributed by atoms with van der Waals surface area (Å²) in [6, 6.07) is 0. The smallest absolute Gasteiger partial charge is 0.0574 e. The zero-order valence-corrected chi connectivity index (χ0v) is 7.88. The van der Waals surface area contributed by atoms with Crippen molar-refractivity contribution in [3.05, 3.63) is 12.2 Å². The highest BCUT2D eigenvalue weighted by atomic mass is 16.3. The van der Waals surface area contributed by atoms with Crippen molar-refractivity contribution < 1.29 is 5.11 Å². The van der Waals surface area contributed by atoms with Gasteiger partial charge < -0.3 is 5.11 Å². The van der Waals surface area contributed by atoms with Crippen LogP contribution in [0.4, 0.5) is 0 Å². The summed E-state index contributed by atoms with van der Waals surface area (Å²) in [5.74, 6) is 0.349. The van der Waals surface area contributed by atoms with Crippen molar-refractivity contribution >= 4 is 0 Å². The van der Waals surface area contributed by atoms with Crippen LogP contribution in [0.15, 0.2) is 12.2 Å². The first kappa shape index (κ1) is 10.7. The molecule has 0 heterocycles. The molecule has 1 heteroatoms. The summed E-state index contributed by atoms with van der Waals surface area (Å²) in [4.78, 5) is 0. The zero-order valence-electron chi connectivity index (χ0n) is 7.88. The molecule has 0 amide bonds. The van der Waals surface area contributed by atoms with Gasteiger partial charge in [0.1, 0.15) is 0 Å². The molecular formula is C10H20O. The lowest BCUT2D eigenvalue weighted by molar-refractivity contribution is 0.147. The molecule has 0 aliphatic carbocycles. The van der Waals surface area contributed by atoms with Gasteiger partial charge in [-0.2, -0.15) is 0 Å². The first-order chi connectivity index (χ1) is 5.22. The number of aliphatic hydroxyl groups excluding tert-OH is 1. The molecule has 0 spiro atoms. The summed E-state index contributed by atoms with van der Waals surface area (Å²) in [5, 5.41) is 9.26. The summed E-state index contributed by atoms with van der Waals surface area (Å²) in [6.45, 7) is 6.12. The van der Waals surface area contributed by atoms with Crippen molar-refractivity contribution in [2.75, 3.05) is 0 Å². The molecule has 0 rings (SSSR count). The van der Waals surface area contributed by atoms with Crippen molar-refractivity contribution in [2.24, 2.45) is 5.92 Å². The van der Waals surface area contributed by atoms with Crippen LogP contribution in [-0.4, -0.2) is 11.2 Å². The van der Waals surface area contributed by atoms with Crippen LogP contribution in [-0.2, 0) is 0 Å². The Kier molecular flexibility index (Phi) is 6.24. The summed E-state index contributed by atoms with van der Waals surface area (Å²) in [6.07, 6.45) is 7.44. The molecule has 0 aromatic carbocycles. The second-order valence-electron chi connectivity index (χ2n) is 3.03. The van der Waals surface area contributed by atoms with Crippen LogP contribution in [0.3, 0.4) is 0 Å². The fraction of sp³-hybridized carbons (Fsp3) is 0.800. The Morgan fingerprint density at radius 2 is 2.00 bits per heavy atom. The van der Waals surface area contributed by atoms with Crippen LogP contribution in [0.2, 0.25) is 0 Å². The number of rotatable bonds is 5. The fourth-order valence-electron chi connectivity index (χ4n) is 1.08. The predicted octanol–water partition coefficient (Wildman–Crippen LogP) is 2.75. The second-order valence-corrected chi connectivity index (χ2v) is 3.03. The molecule has 1 N–H and O–H groups in total. The van der Waals surface area contributed by atoms with Crippen molar-refractivity contribution in [1.29, 1.82) is 0 Å².